The van der Waals surface area contributed by atoms with Gasteiger partial charge >= 0.3 is 5.97 Å². The highest BCUT2D eigenvalue weighted by atomic mass is 32.1. The average Bonchev–Trinajstić information content (AvgIpc) is 3.67. The van der Waals surface area contributed by atoms with Gasteiger partial charge in [0.15, 0.2) is 0 Å². The molecule has 1 aromatic carbocycles. The first kappa shape index (κ1) is 41.9. The number of carbonyl (C=O) groups excluding carboxylic acids is 3. The maximum atomic E-state index is 14.2. The summed E-state index contributed by atoms with van der Waals surface area (Å²) >= 11 is 1.49. The molecule has 4 aromatic rings. The Bertz CT molecular complexity index is 2310. The minimum absolute atomic E-state index is 0.0945. The molecule has 4 aliphatic heterocycles. The van der Waals surface area contributed by atoms with Gasteiger partial charge in [-0.05, 0) is 76.3 Å². The Kier molecular flexibility index (Phi) is 11.5. The Hall–Kier alpha value is -4.41. The number of aryl methyl sites for hydroxylation is 1. The summed E-state index contributed by atoms with van der Waals surface area (Å²) in [6, 6.07) is 7.95. The van der Waals surface area contributed by atoms with E-state index in [1.165, 1.54) is 16.3 Å². The number of amides is 2. The van der Waals surface area contributed by atoms with E-state index in [2.05, 4.69) is 77.2 Å². The molecule has 1 saturated carbocycles. The zero-order valence-electron chi connectivity index (χ0n) is 36.5. The number of aromatic nitrogens is 3. The highest BCUT2D eigenvalue weighted by Crippen LogP contribution is 2.43. The highest BCUT2D eigenvalue weighted by Gasteiger charge is 2.42. The van der Waals surface area contributed by atoms with Crippen LogP contribution >= 0.6 is 11.3 Å². The summed E-state index contributed by atoms with van der Waals surface area (Å²) in [5.74, 6) is -0.580. The lowest BCUT2D eigenvalue weighted by atomic mass is 9.84. The number of likely N-dealkylation sites (N-methyl/N-ethyl adjacent to an activating group) is 1. The van der Waals surface area contributed by atoms with Gasteiger partial charge in [-0.1, -0.05) is 26.8 Å². The van der Waals surface area contributed by atoms with Gasteiger partial charge in [0, 0.05) is 78.5 Å². The Balaban J connectivity index is 1.17. The number of hydrogen-bond donors (Lipinski definition) is 2. The van der Waals surface area contributed by atoms with Gasteiger partial charge in [-0.25, -0.2) is 10.4 Å². The number of nitrogens with one attached hydrogen (secondary N) is 2. The van der Waals surface area contributed by atoms with Crippen molar-refractivity contribution in [3.8, 4) is 22.5 Å². The van der Waals surface area contributed by atoms with E-state index in [1.807, 2.05) is 25.4 Å². The second kappa shape index (κ2) is 16.7. The topological polar surface area (TPSA) is 143 Å². The van der Waals surface area contributed by atoms with Gasteiger partial charge in [-0.15, -0.1) is 11.3 Å². The van der Waals surface area contributed by atoms with Crippen molar-refractivity contribution in [2.24, 2.45) is 17.3 Å². The second-order valence-electron chi connectivity index (χ2n) is 18.7. The van der Waals surface area contributed by atoms with Gasteiger partial charge in [0.25, 0.3) is 5.91 Å². The SMILES string of the molecule is CCn1c(-c2cc(N3CC4COCC(C3)N4C)cnc2[C@H](C)OC)c2c3cc(ccc31)-c1csc(n1)C[C@H](NC(=O)[C@H]1C[C@@H]1C)C(=O)N1CCC[C@H](N1)C(=O)OCC(C)(C)C2. The van der Waals surface area contributed by atoms with E-state index in [9.17, 15) is 14.4 Å². The lowest BCUT2D eigenvalue weighted by Crippen LogP contribution is -2.63. The van der Waals surface area contributed by atoms with Crippen LogP contribution in [0.15, 0.2) is 35.8 Å². The van der Waals surface area contributed by atoms with Crippen LogP contribution in [0.1, 0.15) is 76.3 Å². The number of esters is 1. The summed E-state index contributed by atoms with van der Waals surface area (Å²) in [5.41, 5.74) is 10.8. The summed E-state index contributed by atoms with van der Waals surface area (Å²) in [4.78, 5) is 56.5. The van der Waals surface area contributed by atoms with Crippen LogP contribution in [-0.2, 0) is 48.0 Å². The van der Waals surface area contributed by atoms with Gasteiger partial charge < -0.3 is 29.0 Å². The van der Waals surface area contributed by atoms with Gasteiger partial charge in [-0.2, -0.15) is 0 Å². The number of ether oxygens (including phenoxy) is 3. The van der Waals surface area contributed by atoms with Gasteiger partial charge in [0.2, 0.25) is 5.91 Å². The van der Waals surface area contributed by atoms with E-state index < -0.39 is 23.5 Å². The number of fused-ring (bicyclic) bond motifs is 8. The van der Waals surface area contributed by atoms with Crippen LogP contribution in [0.2, 0.25) is 0 Å². The molecule has 7 heterocycles. The fraction of sp³-hybridized carbons (Fsp3) is 0.587. The molecule has 61 heavy (non-hydrogen) atoms. The number of rotatable bonds is 7. The third-order valence-corrected chi connectivity index (χ3v) is 14.5. The van der Waals surface area contributed by atoms with Crippen molar-refractivity contribution in [1.82, 2.24) is 35.2 Å². The van der Waals surface area contributed by atoms with E-state index >= 15 is 0 Å². The number of benzene rings is 1. The van der Waals surface area contributed by atoms with Crippen LogP contribution in [0, 0.1) is 17.3 Å². The van der Waals surface area contributed by atoms with Crippen molar-refractivity contribution >= 4 is 45.7 Å². The molecule has 9 rings (SSSR count). The van der Waals surface area contributed by atoms with E-state index in [4.69, 9.17) is 24.2 Å². The number of cyclic esters (lactones) is 1. The smallest absolute Gasteiger partial charge is 0.324 e. The second-order valence-corrected chi connectivity index (χ2v) is 19.6. The van der Waals surface area contributed by atoms with Crippen LogP contribution < -0.4 is 15.6 Å². The van der Waals surface area contributed by atoms with Crippen molar-refractivity contribution in [1.29, 1.82) is 0 Å². The lowest BCUT2D eigenvalue weighted by Gasteiger charge is -2.48. The summed E-state index contributed by atoms with van der Waals surface area (Å²) < 4.78 is 20.5. The first-order chi connectivity index (χ1) is 29.3. The number of nitrogens with zero attached hydrogens (tertiary/aromatic N) is 6. The molecule has 2 unspecified atom stereocenters. The molecule has 326 valence electrons. The molecule has 1 aliphatic carbocycles. The predicted octanol–water partition coefficient (Wildman–Crippen LogP) is 5.38. The summed E-state index contributed by atoms with van der Waals surface area (Å²) in [5, 5.41) is 8.46. The molecular formula is C46H60N8O6S. The largest absolute Gasteiger partial charge is 0.464 e. The number of piperazine rings is 1. The number of pyridine rings is 1. The molecule has 14 nitrogen and oxygen atoms in total. The Labute approximate surface area is 362 Å². The van der Waals surface area contributed by atoms with E-state index in [0.29, 0.717) is 63.6 Å². The molecule has 0 radical (unpaired) electrons. The van der Waals surface area contributed by atoms with Crippen LogP contribution in [0.3, 0.4) is 0 Å². The number of hydrazine groups is 1. The molecule has 2 N–H and O–H groups in total. The van der Waals surface area contributed by atoms with E-state index in [0.717, 1.165) is 74.9 Å². The van der Waals surface area contributed by atoms with Crippen LogP contribution in [0.5, 0.6) is 0 Å². The maximum Gasteiger partial charge on any atom is 0.324 e. The minimum Gasteiger partial charge on any atom is -0.464 e. The molecule has 5 aliphatic rings. The number of carbonyl (C=O) groups is 3. The third-order valence-electron chi connectivity index (χ3n) is 13.7. The first-order valence-corrected chi connectivity index (χ1v) is 22.9. The van der Waals surface area contributed by atoms with Crippen LogP contribution in [0.25, 0.3) is 33.4 Å². The first-order valence-electron chi connectivity index (χ1n) is 22.0. The third kappa shape index (κ3) is 8.19. The summed E-state index contributed by atoms with van der Waals surface area (Å²) in [7, 11) is 3.93. The molecule has 3 aromatic heterocycles. The summed E-state index contributed by atoms with van der Waals surface area (Å²) in [6.45, 7) is 15.0. The molecule has 8 bridgehead atoms. The molecule has 3 saturated heterocycles. The zero-order chi connectivity index (χ0) is 42.7. The average molecular weight is 853 g/mol. The van der Waals surface area contributed by atoms with Crippen LogP contribution in [-0.4, -0.2) is 120 Å². The fourth-order valence-electron chi connectivity index (χ4n) is 9.77. The number of thiazole rings is 1. The van der Waals surface area contributed by atoms with Gasteiger partial charge in [0.1, 0.15) is 12.1 Å². The van der Waals surface area contributed by atoms with E-state index in [1.54, 1.807) is 7.11 Å². The highest BCUT2D eigenvalue weighted by molar-refractivity contribution is 7.10. The summed E-state index contributed by atoms with van der Waals surface area (Å²) in [6.07, 6.45) is 4.56. The Morgan fingerprint density at radius 3 is 2.66 bits per heavy atom. The van der Waals surface area contributed by atoms with Crippen molar-refractivity contribution in [2.45, 2.75) is 104 Å². The van der Waals surface area contributed by atoms with E-state index in [-0.39, 0.29) is 36.9 Å². The maximum absolute atomic E-state index is 14.2. The van der Waals surface area contributed by atoms with Gasteiger partial charge in [0.05, 0.1) is 72.0 Å². The monoisotopic (exact) mass is 852 g/mol. The van der Waals surface area contributed by atoms with Gasteiger partial charge in [-0.3, -0.25) is 29.3 Å². The molecular weight excluding hydrogens is 793 g/mol. The molecule has 4 fully saturated rings. The normalized spacial score (nSPS) is 27.4. The quantitative estimate of drug-likeness (QED) is 0.232. The zero-order valence-corrected chi connectivity index (χ0v) is 37.3. The molecule has 2 amide bonds. The predicted molar refractivity (Wildman–Crippen MR) is 235 cm³/mol. The van der Waals surface area contributed by atoms with Crippen LogP contribution in [0.4, 0.5) is 5.69 Å². The van der Waals surface area contributed by atoms with Crippen molar-refractivity contribution in [3.63, 3.8) is 0 Å². The lowest BCUT2D eigenvalue weighted by molar-refractivity contribution is -0.155. The standard InChI is InChI=1S/C46H60N8O6S/c1-8-53-39-12-11-28-15-33(39)35(42(53)34-16-29(19-47-41(34)27(3)58-7)52-20-30-22-59-23-31(21-52)51(30)6)18-46(4,5)25-60-45(57)36-10-9-13-54(50-36)44(56)37(17-40-48-38(28)24-61-40)49-43(55)32-14-26(32)2/h11-12,15-16,19,24,26-27,30-32,36-37,50H,8-10,13-14,17-18,20-23,25H2,1-7H3,(H,49,55)/t26-,27-,30?,31?,32-,36-,37-/m0/s1. The Morgan fingerprint density at radius 1 is 1.16 bits per heavy atom. The number of methoxy groups -OCH3 is 1. The Morgan fingerprint density at radius 2 is 1.93 bits per heavy atom. The van der Waals surface area contributed by atoms with Crippen molar-refractivity contribution < 1.29 is 28.6 Å². The van der Waals surface area contributed by atoms with Crippen molar-refractivity contribution in [2.75, 3.05) is 58.5 Å². The fourth-order valence-corrected chi connectivity index (χ4v) is 10.6. The number of morpholine rings is 1. The number of hydrogen-bond acceptors (Lipinski definition) is 12. The van der Waals surface area contributed by atoms with Crippen molar-refractivity contribution in [3.05, 3.63) is 52.1 Å². The molecule has 7 atom stereocenters. The molecule has 15 heteroatoms. The molecule has 0 spiro atoms. The number of anilines is 1. The minimum atomic E-state index is -0.832.